The molecule has 2 aliphatic heterocycles. The van der Waals surface area contributed by atoms with E-state index in [1.807, 2.05) is 6.07 Å². The molecular formula is C13H21N3O. The third-order valence-corrected chi connectivity index (χ3v) is 4.17. The van der Waals surface area contributed by atoms with E-state index < -0.39 is 0 Å². The lowest BCUT2D eigenvalue weighted by Crippen LogP contribution is -2.58. The van der Waals surface area contributed by atoms with Gasteiger partial charge in [0, 0.05) is 37.8 Å². The lowest BCUT2D eigenvalue weighted by molar-refractivity contribution is 0.0101. The summed E-state index contributed by atoms with van der Waals surface area (Å²) >= 11 is 0. The number of hydrogen-bond acceptors (Lipinski definition) is 4. The Morgan fingerprint density at radius 2 is 2.35 bits per heavy atom. The van der Waals surface area contributed by atoms with Gasteiger partial charge in [-0.25, -0.2) is 0 Å². The lowest BCUT2D eigenvalue weighted by Gasteiger charge is -2.47. The van der Waals surface area contributed by atoms with Crippen LogP contribution in [0.15, 0.2) is 16.9 Å². The Morgan fingerprint density at radius 1 is 1.41 bits per heavy atom. The Hall–Kier alpha value is -0.870. The van der Waals surface area contributed by atoms with Crippen molar-refractivity contribution in [2.24, 2.45) is 0 Å². The van der Waals surface area contributed by atoms with Gasteiger partial charge in [-0.3, -0.25) is 9.80 Å². The summed E-state index contributed by atoms with van der Waals surface area (Å²) in [7, 11) is 0. The number of rotatable bonds is 2. The van der Waals surface area contributed by atoms with Crippen LogP contribution in [0, 0.1) is 0 Å². The van der Waals surface area contributed by atoms with Crippen LogP contribution in [0.4, 0.5) is 0 Å². The Bertz CT molecular complexity index is 352. The van der Waals surface area contributed by atoms with Crippen LogP contribution in [0.1, 0.15) is 31.9 Å². The monoisotopic (exact) mass is 235 g/mol. The normalized spacial score (nSPS) is 31.4. The molecule has 0 spiro atoms. The molecule has 0 aromatic carbocycles. The van der Waals surface area contributed by atoms with E-state index in [-0.39, 0.29) is 0 Å². The predicted octanol–water partition coefficient (Wildman–Crippen LogP) is 1.73. The fourth-order valence-corrected chi connectivity index (χ4v) is 3.16. The SMILES string of the molecule is CC1CN2CCCCC2CN1Cc1ccon1. The van der Waals surface area contributed by atoms with Crippen LogP contribution in [0.3, 0.4) is 0 Å². The Morgan fingerprint density at radius 3 is 3.18 bits per heavy atom. The van der Waals surface area contributed by atoms with E-state index in [1.54, 1.807) is 6.26 Å². The van der Waals surface area contributed by atoms with Gasteiger partial charge in [0.05, 0.1) is 5.69 Å². The van der Waals surface area contributed by atoms with E-state index in [0.29, 0.717) is 6.04 Å². The highest BCUT2D eigenvalue weighted by atomic mass is 16.5. The van der Waals surface area contributed by atoms with Crippen LogP contribution in [0.25, 0.3) is 0 Å². The molecule has 2 fully saturated rings. The van der Waals surface area contributed by atoms with Crippen molar-refractivity contribution in [1.29, 1.82) is 0 Å². The van der Waals surface area contributed by atoms with Crippen LogP contribution >= 0.6 is 0 Å². The summed E-state index contributed by atoms with van der Waals surface area (Å²) in [4.78, 5) is 5.22. The predicted molar refractivity (Wildman–Crippen MR) is 65.6 cm³/mol. The van der Waals surface area contributed by atoms with Crippen molar-refractivity contribution in [3.05, 3.63) is 18.0 Å². The Kier molecular flexibility index (Phi) is 3.16. The molecule has 2 saturated heterocycles. The first kappa shape index (κ1) is 11.2. The fourth-order valence-electron chi connectivity index (χ4n) is 3.16. The van der Waals surface area contributed by atoms with Gasteiger partial charge in [0.2, 0.25) is 0 Å². The van der Waals surface area contributed by atoms with Gasteiger partial charge in [-0.05, 0) is 26.3 Å². The van der Waals surface area contributed by atoms with Crippen LogP contribution in [-0.4, -0.2) is 46.7 Å². The second-order valence-corrected chi connectivity index (χ2v) is 5.41. The molecule has 17 heavy (non-hydrogen) atoms. The van der Waals surface area contributed by atoms with Gasteiger partial charge in [-0.1, -0.05) is 11.6 Å². The van der Waals surface area contributed by atoms with Gasteiger partial charge in [-0.2, -0.15) is 0 Å². The lowest BCUT2D eigenvalue weighted by atomic mass is 9.97. The zero-order valence-corrected chi connectivity index (χ0v) is 10.5. The molecule has 0 radical (unpaired) electrons. The minimum atomic E-state index is 0.626. The van der Waals surface area contributed by atoms with Crippen LogP contribution < -0.4 is 0 Å². The van der Waals surface area contributed by atoms with E-state index in [9.17, 15) is 0 Å². The Labute approximate surface area is 103 Å². The largest absolute Gasteiger partial charge is 0.364 e. The maximum Gasteiger partial charge on any atom is 0.124 e. The number of aromatic nitrogens is 1. The fraction of sp³-hybridized carbons (Fsp3) is 0.769. The third-order valence-electron chi connectivity index (χ3n) is 4.17. The van der Waals surface area contributed by atoms with E-state index in [1.165, 1.54) is 38.9 Å². The summed E-state index contributed by atoms with van der Waals surface area (Å²) in [5.41, 5.74) is 1.06. The van der Waals surface area contributed by atoms with Crippen molar-refractivity contribution in [2.75, 3.05) is 19.6 Å². The minimum Gasteiger partial charge on any atom is -0.364 e. The van der Waals surface area contributed by atoms with Gasteiger partial charge >= 0.3 is 0 Å². The highest BCUT2D eigenvalue weighted by molar-refractivity contribution is 4.98. The van der Waals surface area contributed by atoms with Crippen LogP contribution in [-0.2, 0) is 6.54 Å². The van der Waals surface area contributed by atoms with Crippen LogP contribution in [0.5, 0.6) is 0 Å². The molecule has 1 aromatic heterocycles. The molecule has 2 aliphatic rings. The third kappa shape index (κ3) is 2.38. The average molecular weight is 235 g/mol. The van der Waals surface area contributed by atoms with Gasteiger partial charge in [0.1, 0.15) is 6.26 Å². The highest BCUT2D eigenvalue weighted by Gasteiger charge is 2.32. The summed E-state index contributed by atoms with van der Waals surface area (Å²) < 4.78 is 4.91. The molecule has 1 aromatic rings. The zero-order chi connectivity index (χ0) is 11.7. The van der Waals surface area contributed by atoms with Gasteiger partial charge in [0.15, 0.2) is 0 Å². The summed E-state index contributed by atoms with van der Waals surface area (Å²) in [5.74, 6) is 0. The molecule has 3 heterocycles. The number of fused-ring (bicyclic) bond motifs is 1. The first-order valence-electron chi connectivity index (χ1n) is 6.70. The molecule has 94 valence electrons. The van der Waals surface area contributed by atoms with Gasteiger partial charge in [0.25, 0.3) is 0 Å². The average Bonchev–Trinajstić information content (AvgIpc) is 2.83. The van der Waals surface area contributed by atoms with Gasteiger partial charge in [-0.15, -0.1) is 0 Å². The number of hydrogen-bond donors (Lipinski definition) is 0. The zero-order valence-electron chi connectivity index (χ0n) is 10.5. The molecule has 4 nitrogen and oxygen atoms in total. The molecule has 2 atom stereocenters. The quantitative estimate of drug-likeness (QED) is 0.781. The summed E-state index contributed by atoms with van der Waals surface area (Å²) in [6.45, 7) is 6.95. The molecule has 3 rings (SSSR count). The van der Waals surface area contributed by atoms with Crippen molar-refractivity contribution in [3.63, 3.8) is 0 Å². The smallest absolute Gasteiger partial charge is 0.124 e. The number of piperidine rings is 1. The van der Waals surface area contributed by atoms with Crippen molar-refractivity contribution < 1.29 is 4.52 Å². The second kappa shape index (κ2) is 4.78. The summed E-state index contributed by atoms with van der Waals surface area (Å²) in [6, 6.07) is 3.37. The van der Waals surface area contributed by atoms with E-state index in [0.717, 1.165) is 18.3 Å². The summed E-state index contributed by atoms with van der Waals surface area (Å²) in [5, 5.41) is 4.02. The first-order chi connectivity index (χ1) is 8.33. The number of piperazine rings is 1. The van der Waals surface area contributed by atoms with E-state index in [2.05, 4.69) is 21.9 Å². The first-order valence-corrected chi connectivity index (χ1v) is 6.70. The molecule has 0 N–H and O–H groups in total. The van der Waals surface area contributed by atoms with E-state index in [4.69, 9.17) is 4.52 Å². The summed E-state index contributed by atoms with van der Waals surface area (Å²) in [6.07, 6.45) is 5.80. The second-order valence-electron chi connectivity index (χ2n) is 5.41. The molecule has 0 bridgehead atoms. The van der Waals surface area contributed by atoms with E-state index >= 15 is 0 Å². The van der Waals surface area contributed by atoms with Crippen LogP contribution in [0.2, 0.25) is 0 Å². The molecule has 2 unspecified atom stereocenters. The Balaban J connectivity index is 1.65. The molecule has 0 amide bonds. The molecule has 0 aliphatic carbocycles. The topological polar surface area (TPSA) is 32.5 Å². The maximum atomic E-state index is 4.91. The van der Waals surface area contributed by atoms with Crippen molar-refractivity contribution >= 4 is 0 Å². The number of nitrogens with zero attached hydrogens (tertiary/aromatic N) is 3. The van der Waals surface area contributed by atoms with Gasteiger partial charge < -0.3 is 4.52 Å². The van der Waals surface area contributed by atoms with Crippen molar-refractivity contribution in [3.8, 4) is 0 Å². The highest BCUT2D eigenvalue weighted by Crippen LogP contribution is 2.24. The molecule has 4 heteroatoms. The standard InChI is InChI=1S/C13H21N3O/c1-11-8-15-6-3-2-4-13(15)10-16(11)9-12-5-7-17-14-12/h5,7,11,13H,2-4,6,8-10H2,1H3. The molecule has 0 saturated carbocycles. The van der Waals surface area contributed by atoms with Crippen molar-refractivity contribution in [2.45, 2.75) is 44.8 Å². The maximum absolute atomic E-state index is 4.91. The minimum absolute atomic E-state index is 0.626. The molecular weight excluding hydrogens is 214 g/mol. The van der Waals surface area contributed by atoms with Crippen molar-refractivity contribution in [1.82, 2.24) is 15.0 Å².